The Kier molecular flexibility index (Phi) is 3.81. The predicted octanol–water partition coefficient (Wildman–Crippen LogP) is 0.574. The van der Waals surface area contributed by atoms with Gasteiger partial charge in [0.05, 0.1) is 0 Å². The first-order chi connectivity index (χ1) is 9.25. The van der Waals surface area contributed by atoms with Gasteiger partial charge in [-0.25, -0.2) is 4.98 Å². The molecule has 3 heterocycles. The summed E-state index contributed by atoms with van der Waals surface area (Å²) < 4.78 is 0.769. The molecule has 6 heteroatoms. The molecule has 1 amide bonds. The van der Waals surface area contributed by atoms with Gasteiger partial charge in [0.2, 0.25) is 0 Å². The zero-order valence-corrected chi connectivity index (χ0v) is 12.3. The van der Waals surface area contributed by atoms with E-state index in [9.17, 15) is 4.79 Å². The van der Waals surface area contributed by atoms with Crippen molar-refractivity contribution >= 4 is 21.8 Å². The third-order valence-electron chi connectivity index (χ3n) is 3.78. The highest BCUT2D eigenvalue weighted by atomic mass is 79.9. The summed E-state index contributed by atoms with van der Waals surface area (Å²) in [5, 5.41) is 3.35. The van der Waals surface area contributed by atoms with Gasteiger partial charge >= 0.3 is 0 Å². The molecule has 0 aliphatic carbocycles. The van der Waals surface area contributed by atoms with Gasteiger partial charge in [0.15, 0.2) is 0 Å². The van der Waals surface area contributed by atoms with Crippen LogP contribution in [0, 0.1) is 0 Å². The first kappa shape index (κ1) is 13.0. The zero-order valence-electron chi connectivity index (χ0n) is 10.7. The van der Waals surface area contributed by atoms with Crippen molar-refractivity contribution in [2.45, 2.75) is 6.04 Å². The van der Waals surface area contributed by atoms with Crippen LogP contribution in [0.2, 0.25) is 0 Å². The molecule has 2 fully saturated rings. The van der Waals surface area contributed by atoms with E-state index in [2.05, 4.69) is 31.1 Å². The van der Waals surface area contributed by atoms with Crippen LogP contribution in [0.25, 0.3) is 0 Å². The Morgan fingerprint density at radius 2 is 2.11 bits per heavy atom. The second-order valence-electron chi connectivity index (χ2n) is 4.98. The molecule has 0 bridgehead atoms. The lowest BCUT2D eigenvalue weighted by Gasteiger charge is -2.46. The monoisotopic (exact) mass is 324 g/mol. The SMILES string of the molecule is O=C(c1ncccc1Br)N1CC(N2CCNCC2)C1. The molecule has 1 aromatic heterocycles. The van der Waals surface area contributed by atoms with Crippen LogP contribution in [-0.2, 0) is 0 Å². The van der Waals surface area contributed by atoms with Crippen molar-refractivity contribution < 1.29 is 4.79 Å². The molecular formula is C13H17BrN4O. The molecule has 5 nitrogen and oxygen atoms in total. The minimum absolute atomic E-state index is 0.0267. The topological polar surface area (TPSA) is 48.5 Å². The van der Waals surface area contributed by atoms with Gasteiger partial charge in [0.1, 0.15) is 5.69 Å². The number of piperazine rings is 1. The Morgan fingerprint density at radius 3 is 2.79 bits per heavy atom. The number of carbonyl (C=O) groups is 1. The normalized spacial score (nSPS) is 21.2. The van der Waals surface area contributed by atoms with Crippen LogP contribution in [-0.4, -0.2) is 66.0 Å². The minimum Gasteiger partial charge on any atom is -0.334 e. The van der Waals surface area contributed by atoms with Gasteiger partial charge in [-0.1, -0.05) is 0 Å². The van der Waals surface area contributed by atoms with Crippen LogP contribution >= 0.6 is 15.9 Å². The fourth-order valence-electron chi connectivity index (χ4n) is 2.59. The molecule has 0 saturated carbocycles. The molecular weight excluding hydrogens is 308 g/mol. The lowest BCUT2D eigenvalue weighted by atomic mass is 10.1. The molecule has 1 aromatic rings. The van der Waals surface area contributed by atoms with Gasteiger partial charge < -0.3 is 10.2 Å². The molecule has 0 atom stereocenters. The predicted molar refractivity (Wildman–Crippen MR) is 76.1 cm³/mol. The first-order valence-electron chi connectivity index (χ1n) is 6.60. The van der Waals surface area contributed by atoms with Gasteiger partial charge in [-0.2, -0.15) is 0 Å². The number of pyridine rings is 1. The minimum atomic E-state index is 0.0267. The summed E-state index contributed by atoms with van der Waals surface area (Å²) in [5.41, 5.74) is 0.515. The fraction of sp³-hybridized carbons (Fsp3) is 0.538. The molecule has 0 unspecified atom stereocenters. The molecule has 2 saturated heterocycles. The van der Waals surface area contributed by atoms with Crippen molar-refractivity contribution in [1.29, 1.82) is 0 Å². The van der Waals surface area contributed by atoms with Gasteiger partial charge in [-0.15, -0.1) is 0 Å². The van der Waals surface area contributed by atoms with E-state index in [1.54, 1.807) is 6.20 Å². The van der Waals surface area contributed by atoms with E-state index in [4.69, 9.17) is 0 Å². The summed E-state index contributed by atoms with van der Waals surface area (Å²) in [4.78, 5) is 20.8. The number of hydrogen-bond donors (Lipinski definition) is 1. The van der Waals surface area contributed by atoms with Crippen molar-refractivity contribution in [3.8, 4) is 0 Å². The summed E-state index contributed by atoms with van der Waals surface area (Å²) in [6, 6.07) is 4.20. The maximum absolute atomic E-state index is 12.3. The van der Waals surface area contributed by atoms with Gasteiger partial charge in [-0.3, -0.25) is 9.69 Å². The van der Waals surface area contributed by atoms with E-state index in [0.29, 0.717) is 11.7 Å². The maximum atomic E-state index is 12.3. The molecule has 102 valence electrons. The third kappa shape index (κ3) is 2.66. The van der Waals surface area contributed by atoms with E-state index in [1.165, 1.54) is 0 Å². The number of aromatic nitrogens is 1. The summed E-state index contributed by atoms with van der Waals surface area (Å²) >= 11 is 3.38. The number of nitrogens with one attached hydrogen (secondary N) is 1. The smallest absolute Gasteiger partial charge is 0.273 e. The van der Waals surface area contributed by atoms with E-state index >= 15 is 0 Å². The van der Waals surface area contributed by atoms with Crippen LogP contribution in [0.5, 0.6) is 0 Å². The summed E-state index contributed by atoms with van der Waals surface area (Å²) in [5.74, 6) is 0.0267. The number of hydrogen-bond acceptors (Lipinski definition) is 4. The number of nitrogens with zero attached hydrogens (tertiary/aromatic N) is 3. The molecule has 1 N–H and O–H groups in total. The van der Waals surface area contributed by atoms with Crippen LogP contribution < -0.4 is 5.32 Å². The number of rotatable bonds is 2. The second-order valence-corrected chi connectivity index (χ2v) is 5.84. The Bertz CT molecular complexity index is 469. The maximum Gasteiger partial charge on any atom is 0.273 e. The van der Waals surface area contributed by atoms with Crippen LogP contribution in [0.4, 0.5) is 0 Å². The van der Waals surface area contributed by atoms with Crippen LogP contribution in [0.1, 0.15) is 10.5 Å². The average Bonchev–Trinajstić information content (AvgIpc) is 2.38. The second kappa shape index (κ2) is 5.56. The van der Waals surface area contributed by atoms with Crippen molar-refractivity contribution in [3.63, 3.8) is 0 Å². The van der Waals surface area contributed by atoms with Gasteiger partial charge in [0, 0.05) is 56.0 Å². The molecule has 2 aliphatic rings. The molecule has 0 radical (unpaired) electrons. The lowest BCUT2D eigenvalue weighted by molar-refractivity contribution is 0.0222. The van der Waals surface area contributed by atoms with Crippen molar-refractivity contribution in [2.24, 2.45) is 0 Å². The Labute approximate surface area is 121 Å². The van der Waals surface area contributed by atoms with Gasteiger partial charge in [-0.05, 0) is 28.1 Å². The molecule has 0 aromatic carbocycles. The molecule has 3 rings (SSSR count). The number of amides is 1. The highest BCUT2D eigenvalue weighted by Crippen LogP contribution is 2.21. The van der Waals surface area contributed by atoms with Crippen molar-refractivity contribution in [2.75, 3.05) is 39.3 Å². The van der Waals surface area contributed by atoms with E-state index < -0.39 is 0 Å². The highest BCUT2D eigenvalue weighted by molar-refractivity contribution is 9.10. The zero-order chi connectivity index (χ0) is 13.2. The average molecular weight is 325 g/mol. The molecule has 0 spiro atoms. The molecule has 2 aliphatic heterocycles. The number of likely N-dealkylation sites (tertiary alicyclic amines) is 1. The fourth-order valence-corrected chi connectivity index (χ4v) is 3.02. The lowest BCUT2D eigenvalue weighted by Crippen LogP contribution is -2.64. The van der Waals surface area contributed by atoms with Crippen LogP contribution in [0.15, 0.2) is 22.8 Å². The summed E-state index contributed by atoms with van der Waals surface area (Å²) in [6.45, 7) is 5.91. The van der Waals surface area contributed by atoms with Crippen LogP contribution in [0.3, 0.4) is 0 Å². The number of halogens is 1. The number of carbonyl (C=O) groups excluding carboxylic acids is 1. The Morgan fingerprint density at radius 1 is 1.37 bits per heavy atom. The molecule has 19 heavy (non-hydrogen) atoms. The quantitative estimate of drug-likeness (QED) is 0.864. The van der Waals surface area contributed by atoms with Crippen molar-refractivity contribution in [3.05, 3.63) is 28.5 Å². The Hall–Kier alpha value is -0.980. The van der Waals surface area contributed by atoms with Gasteiger partial charge in [0.25, 0.3) is 5.91 Å². The summed E-state index contributed by atoms with van der Waals surface area (Å²) in [7, 11) is 0. The van der Waals surface area contributed by atoms with E-state index in [-0.39, 0.29) is 5.91 Å². The van der Waals surface area contributed by atoms with E-state index in [0.717, 1.165) is 43.7 Å². The first-order valence-corrected chi connectivity index (χ1v) is 7.39. The van der Waals surface area contributed by atoms with E-state index in [1.807, 2.05) is 17.0 Å². The standard InChI is InChI=1S/C13H17BrN4O/c14-11-2-1-3-16-12(11)13(19)18-8-10(9-18)17-6-4-15-5-7-17/h1-3,10,15H,4-9H2. The Balaban J connectivity index is 1.58. The summed E-state index contributed by atoms with van der Waals surface area (Å²) in [6.07, 6.45) is 1.66. The largest absolute Gasteiger partial charge is 0.334 e. The van der Waals surface area contributed by atoms with Crippen molar-refractivity contribution in [1.82, 2.24) is 20.1 Å². The third-order valence-corrected chi connectivity index (χ3v) is 4.42. The highest BCUT2D eigenvalue weighted by Gasteiger charge is 2.36.